The van der Waals surface area contributed by atoms with Crippen LogP contribution < -0.4 is 10.6 Å². The van der Waals surface area contributed by atoms with E-state index in [1.807, 2.05) is 6.92 Å². The van der Waals surface area contributed by atoms with Crippen LogP contribution in [0.2, 0.25) is 0 Å². The van der Waals surface area contributed by atoms with Crippen molar-refractivity contribution >= 4 is 11.9 Å². The van der Waals surface area contributed by atoms with Crippen LogP contribution in [0.3, 0.4) is 0 Å². The molecule has 0 saturated heterocycles. The smallest absolute Gasteiger partial charge is 0.305 e. The van der Waals surface area contributed by atoms with Crippen molar-refractivity contribution < 1.29 is 9.53 Å². The van der Waals surface area contributed by atoms with Crippen LogP contribution in [0, 0.1) is 12.3 Å². The van der Waals surface area contributed by atoms with E-state index in [0.29, 0.717) is 38.5 Å². The zero-order valence-electron chi connectivity index (χ0n) is 10.6. The average molecular weight is 239 g/mol. The number of esters is 1. The molecule has 0 aromatic heterocycles. The van der Waals surface area contributed by atoms with Crippen LogP contribution in [0.4, 0.5) is 0 Å². The predicted molar refractivity (Wildman–Crippen MR) is 68.7 cm³/mol. The number of ether oxygens (including phenoxy) is 1. The number of hydrogen-bond donors (Lipinski definition) is 2. The number of rotatable bonds is 7. The molecule has 0 aromatic carbocycles. The third-order valence-electron chi connectivity index (χ3n) is 1.82. The summed E-state index contributed by atoms with van der Waals surface area (Å²) in [5.41, 5.74) is 0. The van der Waals surface area contributed by atoms with Gasteiger partial charge < -0.3 is 15.4 Å². The van der Waals surface area contributed by atoms with Gasteiger partial charge in [0.05, 0.1) is 13.2 Å². The molecule has 5 nitrogen and oxygen atoms in total. The predicted octanol–water partition coefficient (Wildman–Crippen LogP) is 0.518. The minimum absolute atomic E-state index is 0.177. The molecular formula is C12H21N3O2. The Kier molecular flexibility index (Phi) is 9.73. The van der Waals surface area contributed by atoms with Gasteiger partial charge in [0.25, 0.3) is 0 Å². The summed E-state index contributed by atoms with van der Waals surface area (Å²) in [6, 6.07) is 0. The van der Waals surface area contributed by atoms with Crippen molar-refractivity contribution in [1.82, 2.24) is 10.6 Å². The summed E-state index contributed by atoms with van der Waals surface area (Å²) in [5, 5.41) is 6.03. The van der Waals surface area contributed by atoms with E-state index >= 15 is 0 Å². The summed E-state index contributed by atoms with van der Waals surface area (Å²) in [6.45, 7) is 5.97. The van der Waals surface area contributed by atoms with Gasteiger partial charge in [0.15, 0.2) is 5.96 Å². The molecule has 2 N–H and O–H groups in total. The summed E-state index contributed by atoms with van der Waals surface area (Å²) < 4.78 is 4.82. The molecule has 0 radical (unpaired) electrons. The summed E-state index contributed by atoms with van der Waals surface area (Å²) >= 11 is 0. The van der Waals surface area contributed by atoms with Gasteiger partial charge in [0.1, 0.15) is 0 Å². The Morgan fingerprint density at radius 3 is 2.76 bits per heavy atom. The number of carbonyl (C=O) groups is 1. The molecule has 0 unspecified atom stereocenters. The van der Waals surface area contributed by atoms with Gasteiger partial charge >= 0.3 is 5.97 Å². The van der Waals surface area contributed by atoms with Crippen LogP contribution in [0.1, 0.15) is 26.7 Å². The normalized spacial score (nSPS) is 10.5. The second-order valence-electron chi connectivity index (χ2n) is 3.23. The van der Waals surface area contributed by atoms with Crippen molar-refractivity contribution in [3.8, 4) is 12.3 Å². The minimum Gasteiger partial charge on any atom is -0.466 e. The SMILES string of the molecule is C#CCNC(=NCCCC(=O)OCC)NCC. The van der Waals surface area contributed by atoms with E-state index < -0.39 is 0 Å². The van der Waals surface area contributed by atoms with Gasteiger partial charge in [-0.2, -0.15) is 0 Å². The second-order valence-corrected chi connectivity index (χ2v) is 3.23. The van der Waals surface area contributed by atoms with Crippen molar-refractivity contribution in [3.05, 3.63) is 0 Å². The van der Waals surface area contributed by atoms with Gasteiger partial charge in [-0.1, -0.05) is 5.92 Å². The highest BCUT2D eigenvalue weighted by Gasteiger charge is 2.00. The molecule has 17 heavy (non-hydrogen) atoms. The van der Waals surface area contributed by atoms with Crippen LogP contribution in [0.15, 0.2) is 4.99 Å². The van der Waals surface area contributed by atoms with Crippen molar-refractivity contribution in [2.75, 3.05) is 26.2 Å². The fourth-order valence-electron chi connectivity index (χ4n) is 1.12. The van der Waals surface area contributed by atoms with E-state index in [-0.39, 0.29) is 5.97 Å². The van der Waals surface area contributed by atoms with Crippen molar-refractivity contribution in [2.24, 2.45) is 4.99 Å². The maximum absolute atomic E-state index is 11.1. The Morgan fingerprint density at radius 1 is 1.41 bits per heavy atom. The maximum atomic E-state index is 11.1. The Bertz CT molecular complexity index is 282. The molecule has 0 amide bonds. The number of terminal acetylenes is 1. The van der Waals surface area contributed by atoms with Gasteiger partial charge in [-0.15, -0.1) is 6.42 Å². The first-order valence-corrected chi connectivity index (χ1v) is 5.85. The molecule has 0 fully saturated rings. The number of aliphatic imine (C=N–C) groups is 1. The third-order valence-corrected chi connectivity index (χ3v) is 1.82. The number of hydrogen-bond acceptors (Lipinski definition) is 3. The summed E-state index contributed by atoms with van der Waals surface area (Å²) in [7, 11) is 0. The van der Waals surface area contributed by atoms with E-state index in [1.165, 1.54) is 0 Å². The Hall–Kier alpha value is -1.70. The highest BCUT2D eigenvalue weighted by Crippen LogP contribution is 1.93. The summed E-state index contributed by atoms with van der Waals surface area (Å²) in [4.78, 5) is 15.3. The largest absolute Gasteiger partial charge is 0.466 e. The number of carbonyl (C=O) groups excluding carboxylic acids is 1. The molecule has 0 aromatic rings. The van der Waals surface area contributed by atoms with Crippen molar-refractivity contribution in [1.29, 1.82) is 0 Å². The quantitative estimate of drug-likeness (QED) is 0.223. The molecule has 0 aliphatic heterocycles. The lowest BCUT2D eigenvalue weighted by Gasteiger charge is -2.08. The molecule has 0 rings (SSSR count). The molecule has 0 atom stereocenters. The topological polar surface area (TPSA) is 62.7 Å². The molecule has 0 aliphatic carbocycles. The first-order valence-electron chi connectivity index (χ1n) is 5.85. The van der Waals surface area contributed by atoms with Gasteiger partial charge in [0, 0.05) is 19.5 Å². The van der Waals surface area contributed by atoms with Gasteiger partial charge in [-0.05, 0) is 20.3 Å². The first kappa shape index (κ1) is 15.3. The fraction of sp³-hybridized carbons (Fsp3) is 0.667. The zero-order valence-corrected chi connectivity index (χ0v) is 10.6. The second kappa shape index (κ2) is 10.8. The van der Waals surface area contributed by atoms with Gasteiger partial charge in [0.2, 0.25) is 0 Å². The Labute approximate surface area is 103 Å². The van der Waals surface area contributed by atoms with E-state index in [0.717, 1.165) is 6.54 Å². The third kappa shape index (κ3) is 9.24. The molecular weight excluding hydrogens is 218 g/mol. The monoisotopic (exact) mass is 239 g/mol. The van der Waals surface area contributed by atoms with Crippen molar-refractivity contribution in [2.45, 2.75) is 26.7 Å². The van der Waals surface area contributed by atoms with E-state index in [4.69, 9.17) is 11.2 Å². The number of nitrogens with zero attached hydrogens (tertiary/aromatic N) is 1. The van der Waals surface area contributed by atoms with Crippen LogP contribution >= 0.6 is 0 Å². The lowest BCUT2D eigenvalue weighted by molar-refractivity contribution is -0.143. The summed E-state index contributed by atoms with van der Waals surface area (Å²) in [5.74, 6) is 2.97. The molecule has 0 aliphatic rings. The highest BCUT2D eigenvalue weighted by molar-refractivity contribution is 5.80. The number of nitrogens with one attached hydrogen (secondary N) is 2. The van der Waals surface area contributed by atoms with E-state index in [2.05, 4.69) is 21.5 Å². The molecule has 0 spiro atoms. The highest BCUT2D eigenvalue weighted by atomic mass is 16.5. The average Bonchev–Trinajstić information content (AvgIpc) is 2.31. The lowest BCUT2D eigenvalue weighted by Crippen LogP contribution is -2.37. The van der Waals surface area contributed by atoms with Gasteiger partial charge in [-0.3, -0.25) is 9.79 Å². The molecule has 0 bridgehead atoms. The van der Waals surface area contributed by atoms with Crippen LogP contribution in [0.5, 0.6) is 0 Å². The Morgan fingerprint density at radius 2 is 2.18 bits per heavy atom. The molecule has 96 valence electrons. The number of guanidine groups is 1. The van der Waals surface area contributed by atoms with E-state index in [1.54, 1.807) is 6.92 Å². The Balaban J connectivity index is 3.83. The van der Waals surface area contributed by atoms with E-state index in [9.17, 15) is 4.79 Å². The van der Waals surface area contributed by atoms with Crippen LogP contribution in [0.25, 0.3) is 0 Å². The standard InChI is InChI=1S/C12H21N3O2/c1-4-9-14-12(13-5-2)15-10-7-8-11(16)17-6-3/h1H,5-10H2,2-3H3,(H2,13,14,15). The molecule has 5 heteroatoms. The zero-order chi connectivity index (χ0) is 12.9. The summed E-state index contributed by atoms with van der Waals surface area (Å²) in [6.07, 6.45) is 6.21. The van der Waals surface area contributed by atoms with Crippen molar-refractivity contribution in [3.63, 3.8) is 0 Å². The van der Waals surface area contributed by atoms with Gasteiger partial charge in [-0.25, -0.2) is 0 Å². The first-order chi connectivity index (χ1) is 8.24. The van der Waals surface area contributed by atoms with Crippen LogP contribution in [-0.2, 0) is 9.53 Å². The maximum Gasteiger partial charge on any atom is 0.305 e. The molecule has 0 heterocycles. The lowest BCUT2D eigenvalue weighted by atomic mass is 10.3. The fourth-order valence-corrected chi connectivity index (χ4v) is 1.12. The van der Waals surface area contributed by atoms with Crippen LogP contribution in [-0.4, -0.2) is 38.2 Å². The minimum atomic E-state index is -0.177. The molecule has 0 saturated carbocycles.